The van der Waals surface area contributed by atoms with Crippen molar-refractivity contribution >= 4 is 29.0 Å². The van der Waals surface area contributed by atoms with Crippen molar-refractivity contribution < 1.29 is 14.7 Å². The van der Waals surface area contributed by atoms with Crippen molar-refractivity contribution in [2.75, 3.05) is 11.5 Å². The number of Topliss-reactive ketones (excluding diaryl/α,β-unsaturated/α-hetero) is 1. The van der Waals surface area contributed by atoms with Gasteiger partial charge in [0.25, 0.3) is 0 Å². The predicted molar refractivity (Wildman–Crippen MR) is 84.2 cm³/mol. The molecule has 4 nitrogen and oxygen atoms in total. The summed E-state index contributed by atoms with van der Waals surface area (Å²) in [5, 5.41) is 9.47. The first-order chi connectivity index (χ1) is 10.6. The van der Waals surface area contributed by atoms with Crippen LogP contribution < -0.4 is 4.90 Å². The molecule has 0 saturated heterocycles. The number of hydrogen-bond acceptors (Lipinski definition) is 3. The predicted octanol–water partition coefficient (Wildman–Crippen LogP) is 2.60. The smallest absolute Gasteiger partial charge is 0.231 e. The molecule has 1 N–H and O–H groups in total. The van der Waals surface area contributed by atoms with Crippen molar-refractivity contribution in [1.29, 1.82) is 0 Å². The van der Waals surface area contributed by atoms with Gasteiger partial charge < -0.3 is 10.0 Å². The first-order valence-corrected chi connectivity index (χ1v) is 7.28. The standard InChI is InChI=1S/C17H14ClNO3/c18-14-5-6-15-13(7-14)8-17(22)19(15)9-11-1-3-12(4-2-11)16(21)10-20/h1-7,20H,8-10H2. The van der Waals surface area contributed by atoms with Gasteiger partial charge in [0.15, 0.2) is 5.78 Å². The van der Waals surface area contributed by atoms with Gasteiger partial charge in [0.05, 0.1) is 13.0 Å². The largest absolute Gasteiger partial charge is 0.388 e. The Morgan fingerprint density at radius 2 is 1.91 bits per heavy atom. The van der Waals surface area contributed by atoms with Gasteiger partial charge in [0.1, 0.15) is 6.61 Å². The molecule has 5 heteroatoms. The third-order valence-electron chi connectivity index (χ3n) is 3.74. The third-order valence-corrected chi connectivity index (χ3v) is 3.97. The normalized spacial score (nSPS) is 13.4. The monoisotopic (exact) mass is 315 g/mol. The summed E-state index contributed by atoms with van der Waals surface area (Å²) in [6, 6.07) is 12.4. The lowest BCUT2D eigenvalue weighted by Gasteiger charge is -2.17. The Bertz CT molecular complexity index is 740. The summed E-state index contributed by atoms with van der Waals surface area (Å²) in [6.45, 7) is -0.0564. The van der Waals surface area contributed by atoms with Crippen molar-refractivity contribution in [3.05, 3.63) is 64.2 Å². The zero-order chi connectivity index (χ0) is 15.7. The average molecular weight is 316 g/mol. The molecule has 1 heterocycles. The molecule has 1 aliphatic heterocycles. The minimum absolute atomic E-state index is 0.0350. The average Bonchev–Trinajstić information content (AvgIpc) is 2.82. The summed E-state index contributed by atoms with van der Waals surface area (Å²) in [7, 11) is 0. The van der Waals surface area contributed by atoms with Gasteiger partial charge >= 0.3 is 0 Å². The lowest BCUT2D eigenvalue weighted by atomic mass is 10.1. The molecule has 1 amide bonds. The topological polar surface area (TPSA) is 57.6 Å². The molecule has 0 fully saturated rings. The number of amides is 1. The Balaban J connectivity index is 1.82. The van der Waals surface area contributed by atoms with E-state index in [0.717, 1.165) is 16.8 Å². The zero-order valence-corrected chi connectivity index (χ0v) is 12.5. The van der Waals surface area contributed by atoms with Crippen LogP contribution in [-0.2, 0) is 17.8 Å². The summed E-state index contributed by atoms with van der Waals surface area (Å²) in [4.78, 5) is 25.3. The fourth-order valence-electron chi connectivity index (χ4n) is 2.59. The van der Waals surface area contributed by atoms with Crippen LogP contribution in [0.4, 0.5) is 5.69 Å². The highest BCUT2D eigenvalue weighted by atomic mass is 35.5. The number of rotatable bonds is 4. The van der Waals surface area contributed by atoms with Crippen LogP contribution in [0.3, 0.4) is 0 Å². The molecule has 22 heavy (non-hydrogen) atoms. The molecular weight excluding hydrogens is 302 g/mol. The maximum absolute atomic E-state index is 12.2. The van der Waals surface area contributed by atoms with Crippen LogP contribution in [0.5, 0.6) is 0 Å². The lowest BCUT2D eigenvalue weighted by molar-refractivity contribution is -0.117. The first kappa shape index (κ1) is 14.8. The van der Waals surface area contributed by atoms with E-state index in [9.17, 15) is 9.59 Å². The number of carbonyl (C=O) groups excluding carboxylic acids is 2. The number of ketones is 1. The number of aliphatic hydroxyl groups excluding tert-OH is 1. The van der Waals surface area contributed by atoms with Gasteiger partial charge in [0.2, 0.25) is 5.91 Å². The molecule has 2 aromatic rings. The number of carbonyl (C=O) groups is 2. The maximum atomic E-state index is 12.2. The second kappa shape index (κ2) is 5.91. The van der Waals surface area contributed by atoms with Gasteiger partial charge in [-0.1, -0.05) is 35.9 Å². The van der Waals surface area contributed by atoms with Gasteiger partial charge in [-0.15, -0.1) is 0 Å². The van der Waals surface area contributed by atoms with Crippen LogP contribution >= 0.6 is 11.6 Å². The molecule has 0 aromatic heterocycles. The number of benzene rings is 2. The van der Waals surface area contributed by atoms with Crippen LogP contribution in [-0.4, -0.2) is 23.4 Å². The van der Waals surface area contributed by atoms with Gasteiger partial charge in [-0.05, 0) is 29.3 Å². The minimum Gasteiger partial charge on any atom is -0.388 e. The van der Waals surface area contributed by atoms with Crippen LogP contribution in [0.15, 0.2) is 42.5 Å². The lowest BCUT2D eigenvalue weighted by Crippen LogP contribution is -2.26. The number of aliphatic hydroxyl groups is 1. The van der Waals surface area contributed by atoms with E-state index >= 15 is 0 Å². The van der Waals surface area contributed by atoms with Crippen LogP contribution in [0.2, 0.25) is 5.02 Å². The van der Waals surface area contributed by atoms with Crippen molar-refractivity contribution in [3.63, 3.8) is 0 Å². The summed E-state index contributed by atoms with van der Waals surface area (Å²) in [6.07, 6.45) is 0.358. The molecule has 0 aliphatic carbocycles. The zero-order valence-electron chi connectivity index (χ0n) is 11.8. The molecule has 2 aromatic carbocycles. The van der Waals surface area contributed by atoms with Crippen LogP contribution in [0.1, 0.15) is 21.5 Å². The Morgan fingerprint density at radius 1 is 1.18 bits per heavy atom. The molecule has 0 spiro atoms. The van der Waals surface area contributed by atoms with Gasteiger partial charge in [-0.2, -0.15) is 0 Å². The van der Waals surface area contributed by atoms with E-state index in [-0.39, 0.29) is 11.7 Å². The van der Waals surface area contributed by atoms with E-state index < -0.39 is 6.61 Å². The Kier molecular flexibility index (Phi) is 3.96. The van der Waals surface area contributed by atoms with Gasteiger partial charge in [-0.25, -0.2) is 0 Å². The van der Waals surface area contributed by atoms with Crippen molar-refractivity contribution in [3.8, 4) is 0 Å². The van der Waals surface area contributed by atoms with Crippen LogP contribution in [0.25, 0.3) is 0 Å². The van der Waals surface area contributed by atoms with Gasteiger partial charge in [0, 0.05) is 16.3 Å². The summed E-state index contributed by atoms with van der Waals surface area (Å²) >= 11 is 5.96. The number of fused-ring (bicyclic) bond motifs is 1. The second-order valence-electron chi connectivity index (χ2n) is 5.21. The molecular formula is C17H14ClNO3. The molecule has 0 radical (unpaired) electrons. The highest BCUT2D eigenvalue weighted by Gasteiger charge is 2.27. The quantitative estimate of drug-likeness (QED) is 0.882. The van der Waals surface area contributed by atoms with Crippen LogP contribution in [0, 0.1) is 0 Å². The number of anilines is 1. The van der Waals surface area contributed by atoms with Crippen molar-refractivity contribution in [2.45, 2.75) is 13.0 Å². The molecule has 3 rings (SSSR count). The fourth-order valence-corrected chi connectivity index (χ4v) is 2.79. The third kappa shape index (κ3) is 2.75. The maximum Gasteiger partial charge on any atom is 0.231 e. The van der Waals surface area contributed by atoms with E-state index in [1.165, 1.54) is 0 Å². The number of nitrogens with zero attached hydrogens (tertiary/aromatic N) is 1. The van der Waals surface area contributed by atoms with Crippen molar-refractivity contribution in [1.82, 2.24) is 0 Å². The summed E-state index contributed by atoms with van der Waals surface area (Å²) in [5.74, 6) is -0.281. The minimum atomic E-state index is -0.502. The van der Waals surface area contributed by atoms with E-state index in [4.69, 9.17) is 16.7 Å². The molecule has 0 unspecified atom stereocenters. The summed E-state index contributed by atoms with van der Waals surface area (Å²) < 4.78 is 0. The van der Waals surface area contributed by atoms with E-state index in [1.807, 2.05) is 12.1 Å². The fraction of sp³-hybridized carbons (Fsp3) is 0.176. The van der Waals surface area contributed by atoms with E-state index in [1.54, 1.807) is 35.2 Å². The molecule has 0 bridgehead atoms. The Labute approximate surface area is 132 Å². The first-order valence-electron chi connectivity index (χ1n) is 6.90. The molecule has 0 atom stereocenters. The highest BCUT2D eigenvalue weighted by molar-refractivity contribution is 6.30. The Morgan fingerprint density at radius 3 is 2.59 bits per heavy atom. The number of hydrogen-bond donors (Lipinski definition) is 1. The molecule has 1 aliphatic rings. The SMILES string of the molecule is O=C(CO)c1ccc(CN2C(=O)Cc3cc(Cl)ccc32)cc1. The summed E-state index contributed by atoms with van der Waals surface area (Å²) in [5.41, 5.74) is 3.20. The van der Waals surface area contributed by atoms with E-state index in [0.29, 0.717) is 23.6 Å². The Hall–Kier alpha value is -2.17. The van der Waals surface area contributed by atoms with Crippen molar-refractivity contribution in [2.24, 2.45) is 0 Å². The molecule has 0 saturated carbocycles. The second-order valence-corrected chi connectivity index (χ2v) is 5.64. The van der Waals surface area contributed by atoms with Gasteiger partial charge in [-0.3, -0.25) is 9.59 Å². The highest BCUT2D eigenvalue weighted by Crippen LogP contribution is 2.32. The number of halogens is 1. The van der Waals surface area contributed by atoms with E-state index in [2.05, 4.69) is 0 Å². The molecule has 112 valence electrons.